The maximum absolute atomic E-state index is 12.7. The molecule has 0 radical (unpaired) electrons. The van der Waals surface area contributed by atoms with E-state index in [9.17, 15) is 23.1 Å². The summed E-state index contributed by atoms with van der Waals surface area (Å²) < 4.78 is 26.7. The third-order valence-corrected chi connectivity index (χ3v) is 7.98. The van der Waals surface area contributed by atoms with E-state index in [1.54, 1.807) is 28.5 Å². The number of nitrogens with zero attached hydrogens (tertiary/aromatic N) is 2. The van der Waals surface area contributed by atoms with Crippen LogP contribution in [0.3, 0.4) is 0 Å². The predicted molar refractivity (Wildman–Crippen MR) is 92.6 cm³/mol. The molecule has 0 saturated carbocycles. The first-order valence-corrected chi connectivity index (χ1v) is 10.4. The van der Waals surface area contributed by atoms with Crippen LogP contribution < -0.4 is 0 Å². The lowest BCUT2D eigenvalue weighted by Gasteiger charge is -2.37. The van der Waals surface area contributed by atoms with Crippen LogP contribution in [-0.2, 0) is 19.6 Å². The fourth-order valence-electron chi connectivity index (χ4n) is 3.28. The van der Waals surface area contributed by atoms with Crippen LogP contribution in [0.15, 0.2) is 33.9 Å². The van der Waals surface area contributed by atoms with Gasteiger partial charge in [0, 0.05) is 26.2 Å². The molecule has 2 aliphatic rings. The van der Waals surface area contributed by atoms with Crippen molar-refractivity contribution < 1.29 is 23.1 Å². The molecule has 0 aromatic carbocycles. The monoisotopic (exact) mass is 384 g/mol. The fourth-order valence-corrected chi connectivity index (χ4v) is 5.85. The summed E-state index contributed by atoms with van der Waals surface area (Å²) in [6, 6.07) is 3.27. The van der Waals surface area contributed by atoms with Crippen molar-refractivity contribution in [3.8, 4) is 0 Å². The van der Waals surface area contributed by atoms with Crippen molar-refractivity contribution in [2.24, 2.45) is 11.8 Å². The van der Waals surface area contributed by atoms with Gasteiger partial charge in [0.05, 0.1) is 11.8 Å². The van der Waals surface area contributed by atoms with Gasteiger partial charge in [-0.1, -0.05) is 18.2 Å². The van der Waals surface area contributed by atoms with Gasteiger partial charge in [-0.3, -0.25) is 9.59 Å². The predicted octanol–water partition coefficient (Wildman–Crippen LogP) is 1.25. The molecule has 1 aliphatic heterocycles. The highest BCUT2D eigenvalue weighted by atomic mass is 32.2. The maximum atomic E-state index is 12.7. The number of aliphatic carboxylic acids is 1. The Hall–Kier alpha value is -1.71. The molecule has 1 amide bonds. The van der Waals surface area contributed by atoms with E-state index in [-0.39, 0.29) is 32.1 Å². The molecule has 1 fully saturated rings. The van der Waals surface area contributed by atoms with Gasteiger partial charge >= 0.3 is 5.97 Å². The molecule has 2 heterocycles. The lowest BCUT2D eigenvalue weighted by molar-refractivity contribution is -0.151. The van der Waals surface area contributed by atoms with Crippen molar-refractivity contribution in [3.63, 3.8) is 0 Å². The Kier molecular flexibility index (Phi) is 5.26. The van der Waals surface area contributed by atoms with Crippen LogP contribution >= 0.6 is 11.3 Å². The number of sulfonamides is 1. The van der Waals surface area contributed by atoms with Gasteiger partial charge in [0.1, 0.15) is 4.21 Å². The lowest BCUT2D eigenvalue weighted by Crippen LogP contribution is -2.53. The first-order chi connectivity index (χ1) is 11.9. The second-order valence-corrected chi connectivity index (χ2v) is 9.27. The highest BCUT2D eigenvalue weighted by molar-refractivity contribution is 7.91. The number of hydrogen-bond donors (Lipinski definition) is 1. The molecular weight excluding hydrogens is 364 g/mol. The van der Waals surface area contributed by atoms with Gasteiger partial charge in [0.25, 0.3) is 10.0 Å². The van der Waals surface area contributed by atoms with Crippen molar-refractivity contribution >= 4 is 33.2 Å². The summed E-state index contributed by atoms with van der Waals surface area (Å²) >= 11 is 1.17. The molecule has 1 N–H and O–H groups in total. The Morgan fingerprint density at radius 2 is 1.72 bits per heavy atom. The number of carbonyl (C=O) groups excluding carboxylic acids is 1. The number of carboxylic acids is 1. The van der Waals surface area contributed by atoms with E-state index in [2.05, 4.69) is 0 Å². The molecule has 1 aliphatic carbocycles. The summed E-state index contributed by atoms with van der Waals surface area (Å²) in [6.07, 6.45) is 4.43. The minimum atomic E-state index is -3.51. The Morgan fingerprint density at radius 3 is 2.28 bits per heavy atom. The van der Waals surface area contributed by atoms with E-state index in [0.717, 1.165) is 0 Å². The Bertz CT molecular complexity index is 764. The second-order valence-electron chi connectivity index (χ2n) is 6.16. The number of carboxylic acid groups (broad SMARTS) is 1. The van der Waals surface area contributed by atoms with Gasteiger partial charge < -0.3 is 10.0 Å². The van der Waals surface area contributed by atoms with Gasteiger partial charge in [0.2, 0.25) is 5.91 Å². The minimum absolute atomic E-state index is 0.190. The smallest absolute Gasteiger partial charge is 0.307 e. The largest absolute Gasteiger partial charge is 0.481 e. The van der Waals surface area contributed by atoms with Crippen molar-refractivity contribution in [3.05, 3.63) is 29.7 Å². The standard InChI is InChI=1S/C16H20N2O5S2/c19-15(12-4-1-2-5-13(12)16(20)21)17-7-9-18(10-8-17)25(22,23)14-6-3-11-24-14/h1-3,6,11-13H,4-5,7-10H2,(H,20,21)/t12-,13-/m0/s1. The summed E-state index contributed by atoms with van der Waals surface area (Å²) in [7, 11) is -3.51. The molecule has 0 spiro atoms. The van der Waals surface area contributed by atoms with Crippen molar-refractivity contribution in [2.45, 2.75) is 17.1 Å². The molecule has 1 saturated heterocycles. The summed E-state index contributed by atoms with van der Waals surface area (Å²) in [5, 5.41) is 11.0. The summed E-state index contributed by atoms with van der Waals surface area (Å²) in [6.45, 7) is 1.03. The van der Waals surface area contributed by atoms with Crippen molar-refractivity contribution in [2.75, 3.05) is 26.2 Å². The van der Waals surface area contributed by atoms with E-state index >= 15 is 0 Å². The van der Waals surface area contributed by atoms with E-state index in [0.29, 0.717) is 17.1 Å². The number of carbonyl (C=O) groups is 2. The molecule has 25 heavy (non-hydrogen) atoms. The normalized spacial score (nSPS) is 25.0. The van der Waals surface area contributed by atoms with E-state index in [1.807, 2.05) is 6.08 Å². The van der Waals surface area contributed by atoms with Gasteiger partial charge in [0.15, 0.2) is 0 Å². The molecule has 3 rings (SSSR count). The zero-order chi connectivity index (χ0) is 18.0. The molecular formula is C16H20N2O5S2. The van der Waals surface area contributed by atoms with Gasteiger partial charge in [-0.05, 0) is 24.3 Å². The molecule has 1 aromatic rings. The summed E-state index contributed by atoms with van der Waals surface area (Å²) in [5.74, 6) is -2.42. The first-order valence-electron chi connectivity index (χ1n) is 8.11. The van der Waals surface area contributed by atoms with E-state index in [4.69, 9.17) is 0 Å². The minimum Gasteiger partial charge on any atom is -0.481 e. The molecule has 1 aromatic heterocycles. The molecule has 0 bridgehead atoms. The number of allylic oxidation sites excluding steroid dienone is 2. The Morgan fingerprint density at radius 1 is 1.08 bits per heavy atom. The summed E-state index contributed by atoms with van der Waals surface area (Å²) in [4.78, 5) is 25.7. The van der Waals surface area contributed by atoms with Gasteiger partial charge in [-0.15, -0.1) is 11.3 Å². The topological polar surface area (TPSA) is 95.0 Å². The Labute approximate surface area is 150 Å². The number of thiophene rings is 1. The third kappa shape index (κ3) is 3.63. The lowest BCUT2D eigenvalue weighted by atomic mass is 9.82. The van der Waals surface area contributed by atoms with E-state index < -0.39 is 27.8 Å². The van der Waals surface area contributed by atoms with Crippen LogP contribution in [0.25, 0.3) is 0 Å². The van der Waals surface area contributed by atoms with Crippen LogP contribution in [0, 0.1) is 11.8 Å². The first kappa shape index (κ1) is 18.1. The molecule has 0 unspecified atom stereocenters. The zero-order valence-corrected chi connectivity index (χ0v) is 15.2. The fraction of sp³-hybridized carbons (Fsp3) is 0.500. The molecule has 2 atom stereocenters. The number of piperazine rings is 1. The van der Waals surface area contributed by atoms with Crippen LogP contribution in [0.2, 0.25) is 0 Å². The van der Waals surface area contributed by atoms with Crippen molar-refractivity contribution in [1.29, 1.82) is 0 Å². The summed E-state index contributed by atoms with van der Waals surface area (Å²) in [5.41, 5.74) is 0. The van der Waals surface area contributed by atoms with Gasteiger partial charge in [-0.25, -0.2) is 8.42 Å². The number of hydrogen-bond acceptors (Lipinski definition) is 5. The highest BCUT2D eigenvalue weighted by Gasteiger charge is 2.38. The van der Waals surface area contributed by atoms with Gasteiger partial charge in [-0.2, -0.15) is 4.31 Å². The molecule has 7 nitrogen and oxygen atoms in total. The van der Waals surface area contributed by atoms with E-state index in [1.165, 1.54) is 15.6 Å². The quantitative estimate of drug-likeness (QED) is 0.789. The number of amides is 1. The maximum Gasteiger partial charge on any atom is 0.307 e. The van der Waals surface area contributed by atoms with Crippen LogP contribution in [0.4, 0.5) is 0 Å². The zero-order valence-electron chi connectivity index (χ0n) is 13.6. The Balaban J connectivity index is 1.65. The second kappa shape index (κ2) is 7.27. The molecule has 9 heteroatoms. The van der Waals surface area contributed by atoms with Crippen LogP contribution in [0.1, 0.15) is 12.8 Å². The van der Waals surface area contributed by atoms with Crippen molar-refractivity contribution in [1.82, 2.24) is 9.21 Å². The van der Waals surface area contributed by atoms with Crippen LogP contribution in [0.5, 0.6) is 0 Å². The van der Waals surface area contributed by atoms with Crippen LogP contribution in [-0.4, -0.2) is 60.8 Å². The average molecular weight is 384 g/mol. The number of rotatable bonds is 4. The SMILES string of the molecule is O=C(O)[C@H]1CC=CC[C@@H]1C(=O)N1CCN(S(=O)(=O)c2cccs2)CC1. The average Bonchev–Trinajstić information content (AvgIpc) is 3.16. The third-order valence-electron chi connectivity index (χ3n) is 4.71. The highest BCUT2D eigenvalue weighted by Crippen LogP contribution is 2.29. The molecule has 136 valence electrons.